The largest absolute Gasteiger partial charge is 0.343 e. The van der Waals surface area contributed by atoms with Gasteiger partial charge in [-0.05, 0) is 50.2 Å². The van der Waals surface area contributed by atoms with Crippen molar-refractivity contribution in [3.63, 3.8) is 0 Å². The molecule has 0 fully saturated rings. The topological polar surface area (TPSA) is 46.3 Å². The van der Waals surface area contributed by atoms with Gasteiger partial charge in [-0.2, -0.15) is 11.8 Å². The van der Waals surface area contributed by atoms with Crippen LogP contribution in [0.5, 0.6) is 0 Å². The lowest BCUT2D eigenvalue weighted by atomic mass is 9.93. The van der Waals surface area contributed by atoms with Crippen molar-refractivity contribution in [1.82, 2.24) is 4.90 Å². The Hall–Kier alpha value is -0.220. The van der Waals surface area contributed by atoms with Gasteiger partial charge >= 0.3 is 0 Å². The van der Waals surface area contributed by atoms with E-state index in [1.807, 2.05) is 23.7 Å². The summed E-state index contributed by atoms with van der Waals surface area (Å²) < 4.78 is 0. The highest BCUT2D eigenvalue weighted by Gasteiger charge is 2.20. The third-order valence-corrected chi connectivity index (χ3v) is 4.04. The van der Waals surface area contributed by atoms with E-state index in [0.717, 1.165) is 18.6 Å². The van der Waals surface area contributed by atoms with Gasteiger partial charge in [0, 0.05) is 19.5 Å². The highest BCUT2D eigenvalue weighted by atomic mass is 32.2. The highest BCUT2D eigenvalue weighted by molar-refractivity contribution is 7.98. The summed E-state index contributed by atoms with van der Waals surface area (Å²) in [5.41, 5.74) is 5.75. The van der Waals surface area contributed by atoms with Gasteiger partial charge in [-0.1, -0.05) is 13.8 Å². The van der Waals surface area contributed by atoms with E-state index in [9.17, 15) is 4.79 Å². The molecule has 2 unspecified atom stereocenters. The number of hydrogen-bond acceptors (Lipinski definition) is 3. The summed E-state index contributed by atoms with van der Waals surface area (Å²) in [5, 5.41) is 0. The van der Waals surface area contributed by atoms with Crippen molar-refractivity contribution in [3.8, 4) is 0 Å². The predicted octanol–water partition coefficient (Wildman–Crippen LogP) is 2.60. The molecule has 0 aliphatic rings. The molecule has 0 aromatic carbocycles. The van der Waals surface area contributed by atoms with Crippen molar-refractivity contribution in [1.29, 1.82) is 0 Å². The molecule has 0 spiro atoms. The van der Waals surface area contributed by atoms with E-state index in [1.54, 1.807) is 0 Å². The summed E-state index contributed by atoms with van der Waals surface area (Å²) in [7, 11) is 1.91. The van der Waals surface area contributed by atoms with Gasteiger partial charge in [-0.15, -0.1) is 0 Å². The molecule has 0 saturated heterocycles. The molecule has 4 heteroatoms. The minimum atomic E-state index is 0.236. The lowest BCUT2D eigenvalue weighted by Crippen LogP contribution is -2.37. The predicted molar refractivity (Wildman–Crippen MR) is 81.8 cm³/mol. The maximum atomic E-state index is 12.2. The van der Waals surface area contributed by atoms with E-state index in [4.69, 9.17) is 5.73 Å². The fraction of sp³-hybridized carbons (Fsp3) is 0.929. The lowest BCUT2D eigenvalue weighted by Gasteiger charge is -2.27. The zero-order valence-corrected chi connectivity index (χ0v) is 13.4. The van der Waals surface area contributed by atoms with E-state index in [0.29, 0.717) is 30.8 Å². The molecule has 2 atom stereocenters. The smallest absolute Gasteiger partial charge is 0.222 e. The molecule has 0 bridgehead atoms. The summed E-state index contributed by atoms with van der Waals surface area (Å²) in [6, 6.07) is 0.322. The molecule has 18 heavy (non-hydrogen) atoms. The third-order valence-electron chi connectivity index (χ3n) is 3.40. The number of amides is 1. The first-order chi connectivity index (χ1) is 8.42. The van der Waals surface area contributed by atoms with Gasteiger partial charge in [0.15, 0.2) is 0 Å². The Bertz CT molecular complexity index is 234. The fourth-order valence-corrected chi connectivity index (χ4v) is 2.63. The van der Waals surface area contributed by atoms with Crippen LogP contribution in [-0.2, 0) is 4.79 Å². The number of hydrogen-bond donors (Lipinski definition) is 1. The van der Waals surface area contributed by atoms with Crippen LogP contribution in [0.1, 0.15) is 40.0 Å². The Balaban J connectivity index is 4.19. The standard InChI is InChI=1S/C14H30N2OS/c1-11(2)8-13(10-15)9-14(17)16(4)12(3)6-7-18-5/h11-13H,6-10,15H2,1-5H3. The van der Waals surface area contributed by atoms with Crippen molar-refractivity contribution in [2.75, 3.05) is 25.6 Å². The van der Waals surface area contributed by atoms with Crippen LogP contribution in [-0.4, -0.2) is 42.4 Å². The van der Waals surface area contributed by atoms with Crippen LogP contribution < -0.4 is 5.73 Å². The minimum Gasteiger partial charge on any atom is -0.343 e. The minimum absolute atomic E-state index is 0.236. The molecule has 0 aromatic heterocycles. The monoisotopic (exact) mass is 274 g/mol. The number of carbonyl (C=O) groups excluding carboxylic acids is 1. The Labute approximate surface area is 117 Å². The Morgan fingerprint density at radius 1 is 1.33 bits per heavy atom. The third kappa shape index (κ3) is 7.27. The molecule has 0 radical (unpaired) electrons. The number of carbonyl (C=O) groups is 1. The van der Waals surface area contributed by atoms with Crippen LogP contribution in [0.15, 0.2) is 0 Å². The summed E-state index contributed by atoms with van der Waals surface area (Å²) in [6.07, 6.45) is 4.78. The maximum Gasteiger partial charge on any atom is 0.222 e. The number of rotatable bonds is 9. The van der Waals surface area contributed by atoms with Gasteiger partial charge in [-0.3, -0.25) is 4.79 Å². The molecule has 0 aliphatic heterocycles. The van der Waals surface area contributed by atoms with Gasteiger partial charge in [-0.25, -0.2) is 0 Å². The van der Waals surface area contributed by atoms with Gasteiger partial charge in [0.05, 0.1) is 0 Å². The number of thioether (sulfide) groups is 1. The van der Waals surface area contributed by atoms with Gasteiger partial charge < -0.3 is 10.6 Å². The molecular formula is C14H30N2OS. The number of nitrogens with two attached hydrogens (primary N) is 1. The molecule has 1 amide bonds. The number of nitrogens with zero attached hydrogens (tertiary/aromatic N) is 1. The van der Waals surface area contributed by atoms with Crippen molar-refractivity contribution < 1.29 is 4.79 Å². The van der Waals surface area contributed by atoms with Gasteiger partial charge in [0.2, 0.25) is 5.91 Å². The SMILES string of the molecule is CSCCC(C)N(C)C(=O)CC(CN)CC(C)C. The average Bonchev–Trinajstić information content (AvgIpc) is 2.33. The van der Waals surface area contributed by atoms with Crippen LogP contribution >= 0.6 is 11.8 Å². The second-order valence-corrected chi connectivity index (χ2v) is 6.56. The van der Waals surface area contributed by atoms with E-state index in [-0.39, 0.29) is 5.91 Å². The van der Waals surface area contributed by atoms with Crippen molar-refractivity contribution in [2.45, 2.75) is 46.1 Å². The summed E-state index contributed by atoms with van der Waals surface area (Å²) >= 11 is 1.83. The van der Waals surface area contributed by atoms with Crippen LogP contribution in [0.3, 0.4) is 0 Å². The van der Waals surface area contributed by atoms with Crippen LogP contribution in [0.2, 0.25) is 0 Å². The molecule has 2 N–H and O–H groups in total. The molecule has 0 aromatic rings. The molecule has 0 saturated carbocycles. The van der Waals surface area contributed by atoms with E-state index >= 15 is 0 Å². The lowest BCUT2D eigenvalue weighted by molar-refractivity contribution is -0.132. The second kappa shape index (κ2) is 9.68. The summed E-state index contributed by atoms with van der Waals surface area (Å²) in [4.78, 5) is 14.1. The van der Waals surface area contributed by atoms with E-state index in [1.165, 1.54) is 0 Å². The van der Waals surface area contributed by atoms with Crippen molar-refractivity contribution in [2.24, 2.45) is 17.6 Å². The highest BCUT2D eigenvalue weighted by Crippen LogP contribution is 2.16. The van der Waals surface area contributed by atoms with Crippen molar-refractivity contribution in [3.05, 3.63) is 0 Å². The first-order valence-corrected chi connectivity index (χ1v) is 8.26. The van der Waals surface area contributed by atoms with Crippen LogP contribution in [0.4, 0.5) is 0 Å². The molecular weight excluding hydrogens is 244 g/mol. The quantitative estimate of drug-likeness (QED) is 0.703. The Morgan fingerprint density at radius 2 is 1.94 bits per heavy atom. The van der Waals surface area contributed by atoms with Crippen molar-refractivity contribution >= 4 is 17.7 Å². The fourth-order valence-electron chi connectivity index (χ4n) is 2.05. The maximum absolute atomic E-state index is 12.2. The van der Waals surface area contributed by atoms with Crippen LogP contribution in [0, 0.1) is 11.8 Å². The van der Waals surface area contributed by atoms with E-state index in [2.05, 4.69) is 27.0 Å². The van der Waals surface area contributed by atoms with Gasteiger partial charge in [0.25, 0.3) is 0 Å². The second-order valence-electron chi connectivity index (χ2n) is 5.57. The van der Waals surface area contributed by atoms with E-state index < -0.39 is 0 Å². The molecule has 0 rings (SSSR count). The molecule has 0 heterocycles. The average molecular weight is 274 g/mol. The normalized spacial score (nSPS) is 14.6. The molecule has 3 nitrogen and oxygen atoms in total. The first kappa shape index (κ1) is 17.8. The zero-order valence-electron chi connectivity index (χ0n) is 12.6. The van der Waals surface area contributed by atoms with Gasteiger partial charge in [0.1, 0.15) is 0 Å². The van der Waals surface area contributed by atoms with Crippen LogP contribution in [0.25, 0.3) is 0 Å². The summed E-state index contributed by atoms with van der Waals surface area (Å²) in [6.45, 7) is 7.08. The first-order valence-electron chi connectivity index (χ1n) is 6.87. The molecule has 108 valence electrons. The zero-order chi connectivity index (χ0) is 14.1. The molecule has 0 aliphatic carbocycles. The Kier molecular flexibility index (Phi) is 9.56. The Morgan fingerprint density at radius 3 is 2.39 bits per heavy atom. The summed E-state index contributed by atoms with van der Waals surface area (Å²) in [5.74, 6) is 2.27.